The van der Waals surface area contributed by atoms with E-state index >= 15 is 0 Å². The van der Waals surface area contributed by atoms with Crippen LogP contribution in [0, 0.1) is 26.9 Å². The maximum Gasteiger partial charge on any atom is 0.313 e. The minimum absolute atomic E-state index is 0.281. The molecule has 4 unspecified atom stereocenters. The number of carbonyl (C=O) groups excluding carboxylic acids is 1. The molecule has 0 radical (unpaired) electrons. The fourth-order valence-corrected chi connectivity index (χ4v) is 3.03. The van der Waals surface area contributed by atoms with E-state index in [1.165, 1.54) is 19.1 Å². The van der Waals surface area contributed by atoms with Crippen LogP contribution in [0.1, 0.15) is 18.4 Å². The SMILES string of the molecule is CC(C(=O)OCC(CO[NH+]([O-])O)(CO[NH+]([O-])O)CO[NH+]([O-])O)c1ccc(-c2ccccc2)c(F)c1. The van der Waals surface area contributed by atoms with Gasteiger partial charge < -0.3 is 20.4 Å². The summed E-state index contributed by atoms with van der Waals surface area (Å²) in [6.07, 6.45) is 0. The van der Waals surface area contributed by atoms with E-state index in [0.717, 1.165) is 0 Å². The number of quaternary nitrogens is 3. The molecule has 0 amide bonds. The molecule has 0 saturated heterocycles. The summed E-state index contributed by atoms with van der Waals surface area (Å²) in [6.45, 7) is -1.67. The molecule has 0 aliphatic carbocycles. The summed E-state index contributed by atoms with van der Waals surface area (Å²) in [7, 11) is 0. The number of halogens is 1. The fourth-order valence-electron chi connectivity index (χ4n) is 3.03. The second-order valence-electron chi connectivity index (χ2n) is 7.60. The van der Waals surface area contributed by atoms with E-state index in [-0.39, 0.29) is 5.56 Å². The zero-order valence-electron chi connectivity index (χ0n) is 18.5. The van der Waals surface area contributed by atoms with Crippen LogP contribution >= 0.6 is 0 Å². The van der Waals surface area contributed by atoms with Crippen molar-refractivity contribution in [3.8, 4) is 11.1 Å². The Kier molecular flexibility index (Phi) is 11.0. The van der Waals surface area contributed by atoms with Gasteiger partial charge in [-0.1, -0.05) is 58.6 Å². The summed E-state index contributed by atoms with van der Waals surface area (Å²) in [5.74, 6) is -2.42. The number of ether oxygens (including phenoxy) is 1. The molecule has 0 aliphatic rings. The van der Waals surface area contributed by atoms with Crippen LogP contribution in [0.15, 0.2) is 48.5 Å². The molecular formula is C20H26FN3O11. The zero-order chi connectivity index (χ0) is 26.0. The molecule has 14 nitrogen and oxygen atoms in total. The molecular weight excluding hydrogens is 477 g/mol. The Labute approximate surface area is 198 Å². The van der Waals surface area contributed by atoms with Crippen LogP contribution in [-0.2, 0) is 24.0 Å². The zero-order valence-corrected chi connectivity index (χ0v) is 18.5. The van der Waals surface area contributed by atoms with Gasteiger partial charge in [0.2, 0.25) is 0 Å². The molecule has 2 aromatic rings. The van der Waals surface area contributed by atoms with Gasteiger partial charge in [-0.05, 0) is 24.1 Å². The molecule has 2 aromatic carbocycles. The topological polar surface area (TPSA) is 197 Å². The molecule has 0 fully saturated rings. The molecule has 35 heavy (non-hydrogen) atoms. The highest BCUT2D eigenvalue weighted by molar-refractivity contribution is 5.78. The Morgan fingerprint density at radius 1 is 0.914 bits per heavy atom. The Hall–Kier alpha value is -2.64. The molecule has 0 aliphatic heterocycles. The average molecular weight is 503 g/mol. The second-order valence-corrected chi connectivity index (χ2v) is 7.60. The van der Waals surface area contributed by atoms with Crippen molar-refractivity contribution >= 4 is 5.97 Å². The van der Waals surface area contributed by atoms with Crippen molar-refractivity contribution in [2.24, 2.45) is 5.41 Å². The van der Waals surface area contributed by atoms with Crippen molar-refractivity contribution < 1.29 is 60.2 Å². The Bertz CT molecular complexity index is 903. The van der Waals surface area contributed by atoms with Crippen molar-refractivity contribution in [2.75, 3.05) is 26.4 Å². The highest BCUT2D eigenvalue weighted by Gasteiger charge is 2.39. The van der Waals surface area contributed by atoms with E-state index < -0.39 is 65.7 Å². The highest BCUT2D eigenvalue weighted by atomic mass is 19.1. The van der Waals surface area contributed by atoms with Crippen LogP contribution in [0.25, 0.3) is 11.1 Å². The van der Waals surface area contributed by atoms with E-state index in [2.05, 4.69) is 14.5 Å². The smallest absolute Gasteiger partial charge is 0.313 e. The lowest BCUT2D eigenvalue weighted by atomic mass is 9.92. The van der Waals surface area contributed by atoms with E-state index in [1.807, 2.05) is 0 Å². The predicted octanol–water partition coefficient (Wildman–Crippen LogP) is -1.76. The van der Waals surface area contributed by atoms with Gasteiger partial charge in [-0.25, -0.2) is 4.39 Å². The number of nitrogens with one attached hydrogen (secondary N) is 3. The predicted molar refractivity (Wildman–Crippen MR) is 110 cm³/mol. The minimum Gasteiger partial charge on any atom is -0.566 e. The second kappa shape index (κ2) is 13.4. The van der Waals surface area contributed by atoms with Gasteiger partial charge in [-0.2, -0.15) is 30.1 Å². The van der Waals surface area contributed by atoms with Gasteiger partial charge in [0.15, 0.2) is 0 Å². The number of esters is 1. The van der Waals surface area contributed by atoms with Crippen LogP contribution in [0.3, 0.4) is 0 Å². The summed E-state index contributed by atoms with van der Waals surface area (Å²) in [5.41, 5.74) is -0.543. The first-order valence-corrected chi connectivity index (χ1v) is 10.1. The third-order valence-corrected chi connectivity index (χ3v) is 4.96. The number of hydrogen-bond donors (Lipinski definition) is 6. The van der Waals surface area contributed by atoms with Gasteiger partial charge in [0.1, 0.15) is 32.2 Å². The van der Waals surface area contributed by atoms with Crippen molar-refractivity contribution in [1.29, 1.82) is 0 Å². The molecule has 194 valence electrons. The average Bonchev–Trinajstić information content (AvgIpc) is 2.82. The number of rotatable bonds is 14. The van der Waals surface area contributed by atoms with E-state index in [9.17, 15) is 24.8 Å². The van der Waals surface area contributed by atoms with Gasteiger partial charge in [0, 0.05) is 5.56 Å². The van der Waals surface area contributed by atoms with Gasteiger partial charge in [-0.15, -0.1) is 0 Å². The Morgan fingerprint density at radius 2 is 1.43 bits per heavy atom. The monoisotopic (exact) mass is 503 g/mol. The first-order chi connectivity index (χ1) is 16.5. The van der Waals surface area contributed by atoms with Crippen LogP contribution < -0.4 is 16.2 Å². The number of benzene rings is 2. The normalized spacial score (nSPS) is 16.7. The van der Waals surface area contributed by atoms with Crippen LogP contribution in [0.2, 0.25) is 0 Å². The summed E-state index contributed by atoms with van der Waals surface area (Å²) < 4.78 is 19.9. The van der Waals surface area contributed by atoms with Crippen LogP contribution in [0.5, 0.6) is 0 Å². The molecule has 0 heterocycles. The summed E-state index contributed by atoms with van der Waals surface area (Å²) >= 11 is 0. The molecule has 6 N–H and O–H groups in total. The maximum absolute atomic E-state index is 14.7. The minimum atomic E-state index is -1.80. The third-order valence-electron chi connectivity index (χ3n) is 4.96. The standard InChI is InChI=1S/C20H26FN3O11/c1-14(16-7-8-17(18(21)9-16)15-5-3-2-4-6-15)19(25)32-10-20(11-33-22(26)27,12-34-23(28)29)13-35-24(30)31/h2-9,14,22-24,26,28,30H,10-13H2,1H3. The van der Waals surface area contributed by atoms with Crippen molar-refractivity contribution in [1.82, 2.24) is 0 Å². The summed E-state index contributed by atoms with van der Waals surface area (Å²) in [6, 6.07) is 13.0. The lowest BCUT2D eigenvalue weighted by molar-refractivity contribution is -1.21. The quantitative estimate of drug-likeness (QED) is 0.126. The summed E-state index contributed by atoms with van der Waals surface area (Å²) in [5, 5.41) is 53.7. The molecule has 2 rings (SSSR count). The van der Waals surface area contributed by atoms with E-state index in [0.29, 0.717) is 11.1 Å². The largest absolute Gasteiger partial charge is 0.566 e. The molecule has 0 aromatic heterocycles. The van der Waals surface area contributed by atoms with Crippen molar-refractivity contribution in [2.45, 2.75) is 12.8 Å². The molecule has 15 heteroatoms. The fraction of sp³-hybridized carbons (Fsp3) is 0.350. The Morgan fingerprint density at radius 3 is 1.89 bits per heavy atom. The van der Waals surface area contributed by atoms with Crippen LogP contribution in [-0.4, -0.2) is 48.0 Å². The molecule has 0 spiro atoms. The van der Waals surface area contributed by atoms with Crippen LogP contribution in [0.4, 0.5) is 4.39 Å². The van der Waals surface area contributed by atoms with Gasteiger partial charge >= 0.3 is 5.97 Å². The van der Waals surface area contributed by atoms with E-state index in [1.54, 1.807) is 36.4 Å². The molecule has 4 atom stereocenters. The highest BCUT2D eigenvalue weighted by Crippen LogP contribution is 2.27. The van der Waals surface area contributed by atoms with Gasteiger partial charge in [0.25, 0.3) is 0 Å². The van der Waals surface area contributed by atoms with Gasteiger partial charge in [-0.3, -0.25) is 4.79 Å². The third kappa shape index (κ3) is 9.15. The maximum atomic E-state index is 14.7. The number of hydrogen-bond acceptors (Lipinski definition) is 11. The van der Waals surface area contributed by atoms with E-state index in [4.69, 9.17) is 20.4 Å². The first-order valence-electron chi connectivity index (χ1n) is 10.1. The molecule has 0 saturated carbocycles. The lowest BCUT2D eigenvalue weighted by Gasteiger charge is -2.31. The molecule has 0 bridgehead atoms. The number of carbonyl (C=O) groups is 1. The summed E-state index contributed by atoms with van der Waals surface area (Å²) in [4.78, 5) is 26.0. The van der Waals surface area contributed by atoms with Crippen molar-refractivity contribution in [3.63, 3.8) is 0 Å². The van der Waals surface area contributed by atoms with Crippen molar-refractivity contribution in [3.05, 3.63) is 75.5 Å². The Balaban J connectivity index is 2.16. The first kappa shape index (κ1) is 28.6. The van der Waals surface area contributed by atoms with Gasteiger partial charge in [0.05, 0.1) is 11.3 Å². The lowest BCUT2D eigenvalue weighted by Crippen LogP contribution is -3.05.